The number of carbonyl (C=O) groups is 1. The van der Waals surface area contributed by atoms with Crippen LogP contribution in [0.3, 0.4) is 0 Å². The molecule has 0 spiro atoms. The minimum absolute atomic E-state index is 0.172. The van der Waals surface area contributed by atoms with Gasteiger partial charge in [-0.2, -0.15) is 0 Å². The van der Waals surface area contributed by atoms with Gasteiger partial charge in [-0.15, -0.1) is 0 Å². The lowest BCUT2D eigenvalue weighted by molar-refractivity contribution is 0.00456. The molecule has 1 rings (SSSR count). The molecule has 0 aromatic rings. The molecule has 0 bridgehead atoms. The van der Waals surface area contributed by atoms with E-state index >= 15 is 0 Å². The number of rotatable bonds is 0. The van der Waals surface area contributed by atoms with Crippen LogP contribution >= 0.6 is 0 Å². The molecule has 0 radical (unpaired) electrons. The van der Waals surface area contributed by atoms with Gasteiger partial charge in [0.2, 0.25) is 0 Å². The van der Waals surface area contributed by atoms with Gasteiger partial charge in [0.05, 0.1) is 0 Å². The summed E-state index contributed by atoms with van der Waals surface area (Å²) in [5.41, 5.74) is -0.422. The highest BCUT2D eigenvalue weighted by Crippen LogP contribution is 2.17. The summed E-state index contributed by atoms with van der Waals surface area (Å²) in [4.78, 5) is 13.8. The van der Waals surface area contributed by atoms with Gasteiger partial charge in [0.15, 0.2) is 0 Å². The van der Waals surface area contributed by atoms with Gasteiger partial charge in [-0.25, -0.2) is 4.79 Å². The molecule has 3 atom stereocenters. The number of hydrogen-bond acceptors (Lipinski definition) is 3. The second-order valence-electron chi connectivity index (χ2n) is 5.73. The lowest BCUT2D eigenvalue weighted by atomic mass is 10.0. The van der Waals surface area contributed by atoms with E-state index in [0.29, 0.717) is 18.6 Å². The number of carbonyl (C=O) groups excluding carboxylic acids is 1. The molecule has 0 aromatic carbocycles. The summed E-state index contributed by atoms with van der Waals surface area (Å²) >= 11 is 0. The van der Waals surface area contributed by atoms with Crippen molar-refractivity contribution in [3.8, 4) is 0 Å². The lowest BCUT2D eigenvalue weighted by Crippen LogP contribution is -2.61. The molecular formula is C12H24N2O2. The van der Waals surface area contributed by atoms with Crippen molar-refractivity contribution in [2.75, 3.05) is 6.54 Å². The average Bonchev–Trinajstić information content (AvgIpc) is 2.08. The van der Waals surface area contributed by atoms with Gasteiger partial charge in [0, 0.05) is 24.7 Å². The van der Waals surface area contributed by atoms with Gasteiger partial charge in [0.25, 0.3) is 0 Å². The van der Waals surface area contributed by atoms with E-state index < -0.39 is 5.60 Å². The zero-order chi connectivity index (χ0) is 12.5. The summed E-state index contributed by atoms with van der Waals surface area (Å²) in [7, 11) is 0. The molecule has 1 saturated heterocycles. The first-order chi connectivity index (χ1) is 7.20. The van der Waals surface area contributed by atoms with Crippen LogP contribution in [0.2, 0.25) is 0 Å². The zero-order valence-electron chi connectivity index (χ0n) is 11.2. The second-order valence-corrected chi connectivity index (χ2v) is 5.73. The Morgan fingerprint density at radius 2 is 1.88 bits per heavy atom. The Kier molecular flexibility index (Phi) is 3.84. The lowest BCUT2D eigenvalue weighted by Gasteiger charge is -2.42. The zero-order valence-corrected chi connectivity index (χ0v) is 11.2. The van der Waals surface area contributed by atoms with Crippen molar-refractivity contribution in [1.29, 1.82) is 0 Å². The average molecular weight is 228 g/mol. The molecule has 1 heterocycles. The largest absolute Gasteiger partial charge is 0.444 e. The van der Waals surface area contributed by atoms with E-state index in [2.05, 4.69) is 19.2 Å². The van der Waals surface area contributed by atoms with Gasteiger partial charge in [-0.05, 0) is 41.5 Å². The van der Waals surface area contributed by atoms with Crippen molar-refractivity contribution in [2.24, 2.45) is 0 Å². The Bertz CT molecular complexity index is 260. The van der Waals surface area contributed by atoms with E-state index in [4.69, 9.17) is 4.74 Å². The summed E-state index contributed by atoms with van der Waals surface area (Å²) in [6, 6.07) is 0.793. The number of hydrogen-bond donors (Lipinski definition) is 1. The molecule has 0 aromatic heterocycles. The molecule has 1 N–H and O–H groups in total. The second kappa shape index (κ2) is 4.62. The van der Waals surface area contributed by atoms with E-state index in [1.807, 2.05) is 32.6 Å². The predicted octanol–water partition coefficient (Wildman–Crippen LogP) is 1.99. The van der Waals surface area contributed by atoms with Crippen molar-refractivity contribution >= 4 is 6.09 Å². The number of ether oxygens (including phenoxy) is 1. The minimum atomic E-state index is -0.422. The van der Waals surface area contributed by atoms with Crippen molar-refractivity contribution in [2.45, 2.75) is 65.3 Å². The Morgan fingerprint density at radius 3 is 2.38 bits per heavy atom. The van der Waals surface area contributed by atoms with E-state index in [1.54, 1.807) is 0 Å². The standard InChI is InChI=1S/C12H24N2O2/c1-8-7-14(10(3)9(2)13-8)11(15)16-12(4,5)6/h8-10,13H,7H2,1-6H3. The fourth-order valence-electron chi connectivity index (χ4n) is 1.93. The molecule has 1 fully saturated rings. The first-order valence-electron chi connectivity index (χ1n) is 5.96. The maximum atomic E-state index is 12.0. The van der Waals surface area contributed by atoms with Gasteiger partial charge >= 0.3 is 6.09 Å². The van der Waals surface area contributed by atoms with Crippen LogP contribution in [0.25, 0.3) is 0 Å². The van der Waals surface area contributed by atoms with Crippen LogP contribution in [-0.4, -0.2) is 41.3 Å². The molecule has 0 saturated carbocycles. The van der Waals surface area contributed by atoms with Crippen LogP contribution in [0.1, 0.15) is 41.5 Å². The van der Waals surface area contributed by atoms with Gasteiger partial charge in [0.1, 0.15) is 5.60 Å². The first kappa shape index (κ1) is 13.3. The van der Waals surface area contributed by atoms with Crippen LogP contribution in [0.4, 0.5) is 4.79 Å². The van der Waals surface area contributed by atoms with E-state index in [9.17, 15) is 4.79 Å². The summed E-state index contributed by atoms with van der Waals surface area (Å²) in [5.74, 6) is 0. The Labute approximate surface area is 98.3 Å². The molecule has 3 unspecified atom stereocenters. The highest BCUT2D eigenvalue weighted by atomic mass is 16.6. The molecule has 94 valence electrons. The molecule has 1 aliphatic heterocycles. The molecule has 16 heavy (non-hydrogen) atoms. The quantitative estimate of drug-likeness (QED) is 0.689. The highest BCUT2D eigenvalue weighted by Gasteiger charge is 2.33. The minimum Gasteiger partial charge on any atom is -0.444 e. The van der Waals surface area contributed by atoms with Crippen molar-refractivity contribution in [1.82, 2.24) is 10.2 Å². The molecule has 4 nitrogen and oxygen atoms in total. The third-order valence-corrected chi connectivity index (χ3v) is 2.86. The smallest absolute Gasteiger partial charge is 0.410 e. The fourth-order valence-corrected chi connectivity index (χ4v) is 1.93. The van der Waals surface area contributed by atoms with Crippen LogP contribution < -0.4 is 5.32 Å². The van der Waals surface area contributed by atoms with Gasteiger partial charge in [-0.3, -0.25) is 0 Å². The molecule has 1 aliphatic rings. The summed E-state index contributed by atoms with van der Waals surface area (Å²) in [6.45, 7) is 12.6. The monoisotopic (exact) mass is 228 g/mol. The Morgan fingerprint density at radius 1 is 1.31 bits per heavy atom. The number of piperazine rings is 1. The SMILES string of the molecule is CC1CN(C(=O)OC(C)(C)C)C(C)C(C)N1. The highest BCUT2D eigenvalue weighted by molar-refractivity contribution is 5.68. The summed E-state index contributed by atoms with van der Waals surface area (Å²) in [5, 5.41) is 3.43. The first-order valence-corrected chi connectivity index (χ1v) is 5.96. The van der Waals surface area contributed by atoms with Gasteiger partial charge < -0.3 is 15.0 Å². The predicted molar refractivity (Wildman–Crippen MR) is 64.5 cm³/mol. The van der Waals surface area contributed by atoms with Crippen LogP contribution in [-0.2, 0) is 4.74 Å². The summed E-state index contributed by atoms with van der Waals surface area (Å²) in [6.07, 6.45) is -0.208. The normalized spacial score (nSPS) is 31.4. The Balaban J connectivity index is 2.67. The van der Waals surface area contributed by atoms with Crippen molar-refractivity contribution in [3.63, 3.8) is 0 Å². The number of nitrogens with one attached hydrogen (secondary N) is 1. The van der Waals surface area contributed by atoms with Crippen LogP contribution in [0.15, 0.2) is 0 Å². The van der Waals surface area contributed by atoms with E-state index in [-0.39, 0.29) is 12.1 Å². The summed E-state index contributed by atoms with van der Waals surface area (Å²) < 4.78 is 5.40. The maximum absolute atomic E-state index is 12.0. The van der Waals surface area contributed by atoms with Crippen molar-refractivity contribution in [3.05, 3.63) is 0 Å². The molecule has 4 heteroatoms. The molecule has 1 amide bonds. The van der Waals surface area contributed by atoms with E-state index in [0.717, 1.165) is 0 Å². The number of amides is 1. The molecular weight excluding hydrogens is 204 g/mol. The van der Waals surface area contributed by atoms with Gasteiger partial charge in [-0.1, -0.05) is 0 Å². The van der Waals surface area contributed by atoms with Crippen molar-refractivity contribution < 1.29 is 9.53 Å². The topological polar surface area (TPSA) is 41.6 Å². The van der Waals surface area contributed by atoms with Crippen LogP contribution in [0.5, 0.6) is 0 Å². The Hall–Kier alpha value is -0.770. The number of nitrogens with zero attached hydrogens (tertiary/aromatic N) is 1. The third-order valence-electron chi connectivity index (χ3n) is 2.86. The third kappa shape index (κ3) is 3.37. The van der Waals surface area contributed by atoms with Crippen LogP contribution in [0, 0.1) is 0 Å². The molecule has 0 aliphatic carbocycles. The maximum Gasteiger partial charge on any atom is 0.410 e. The fraction of sp³-hybridized carbons (Fsp3) is 0.917. The van der Waals surface area contributed by atoms with E-state index in [1.165, 1.54) is 0 Å².